The van der Waals surface area contributed by atoms with Crippen LogP contribution in [0.5, 0.6) is 40.2 Å². The highest BCUT2D eigenvalue weighted by Gasteiger charge is 2.64. The first-order chi connectivity index (χ1) is 17.0. The van der Waals surface area contributed by atoms with Crippen molar-refractivity contribution in [1.82, 2.24) is 0 Å². The zero-order valence-electron chi connectivity index (χ0n) is 19.4. The van der Waals surface area contributed by atoms with Crippen molar-refractivity contribution in [3.8, 4) is 40.2 Å². The summed E-state index contributed by atoms with van der Waals surface area (Å²) in [5.41, 5.74) is -0.472. The van der Waals surface area contributed by atoms with Crippen molar-refractivity contribution in [3.63, 3.8) is 0 Å². The molecule has 0 saturated carbocycles. The van der Waals surface area contributed by atoms with E-state index in [-0.39, 0.29) is 32.7 Å². The van der Waals surface area contributed by atoms with Gasteiger partial charge in [-0.2, -0.15) is 0 Å². The van der Waals surface area contributed by atoms with Gasteiger partial charge in [-0.1, -0.05) is 0 Å². The Kier molecular flexibility index (Phi) is 5.19. The number of carbonyl (C=O) groups excluding carboxylic acids is 1. The summed E-state index contributed by atoms with van der Waals surface area (Å²) in [6, 6.07) is 6.92. The van der Waals surface area contributed by atoms with Gasteiger partial charge in [-0.15, -0.1) is 0 Å². The third-order valence-electron chi connectivity index (χ3n) is 6.57. The van der Waals surface area contributed by atoms with Crippen LogP contribution in [-0.2, 0) is 19.0 Å². The van der Waals surface area contributed by atoms with Crippen molar-refractivity contribution in [2.45, 2.75) is 24.9 Å². The van der Waals surface area contributed by atoms with Crippen LogP contribution in [0.4, 0.5) is 0 Å². The maximum Gasteiger partial charge on any atom is 0.303 e. The van der Waals surface area contributed by atoms with Crippen LogP contribution < -0.4 is 33.2 Å². The van der Waals surface area contributed by atoms with Crippen molar-refractivity contribution < 1.29 is 52.2 Å². The topological polar surface area (TPSA) is 109 Å². The van der Waals surface area contributed by atoms with E-state index in [0.29, 0.717) is 40.2 Å². The molecule has 186 valence electrons. The molecule has 0 N–H and O–H groups in total. The molecule has 4 heterocycles. The van der Waals surface area contributed by atoms with E-state index in [0.717, 1.165) is 5.56 Å². The van der Waals surface area contributed by atoms with Crippen LogP contribution in [-0.4, -0.2) is 58.9 Å². The predicted molar refractivity (Wildman–Crippen MR) is 115 cm³/mol. The summed E-state index contributed by atoms with van der Waals surface area (Å²) in [4.78, 5) is 12.2. The Balaban J connectivity index is 1.34. The van der Waals surface area contributed by atoms with Gasteiger partial charge in [-0.25, -0.2) is 0 Å². The highest BCUT2D eigenvalue weighted by atomic mass is 16.7. The zero-order chi connectivity index (χ0) is 24.2. The van der Waals surface area contributed by atoms with Gasteiger partial charge >= 0.3 is 5.97 Å². The molecule has 0 bridgehead atoms. The smallest absolute Gasteiger partial charge is 0.303 e. The number of hydrogen-bond acceptors (Lipinski definition) is 11. The molecule has 0 radical (unpaired) electrons. The van der Waals surface area contributed by atoms with Crippen molar-refractivity contribution in [2.75, 3.05) is 41.0 Å². The van der Waals surface area contributed by atoms with Gasteiger partial charge in [0.25, 0.3) is 0 Å². The van der Waals surface area contributed by atoms with Crippen molar-refractivity contribution in [2.24, 2.45) is 5.92 Å². The molecule has 4 atom stereocenters. The summed E-state index contributed by atoms with van der Waals surface area (Å²) in [7, 11) is 3.09. The van der Waals surface area contributed by atoms with Crippen molar-refractivity contribution in [3.05, 3.63) is 29.8 Å². The van der Waals surface area contributed by atoms with Gasteiger partial charge in [0.2, 0.25) is 25.5 Å². The fourth-order valence-corrected chi connectivity index (χ4v) is 4.97. The first-order valence-corrected chi connectivity index (χ1v) is 11.1. The second kappa shape index (κ2) is 8.28. The van der Waals surface area contributed by atoms with Crippen LogP contribution in [0.25, 0.3) is 0 Å². The molecule has 1 unspecified atom stereocenters. The lowest BCUT2D eigenvalue weighted by Crippen LogP contribution is -2.50. The fourth-order valence-electron chi connectivity index (χ4n) is 4.97. The van der Waals surface area contributed by atoms with E-state index in [9.17, 15) is 4.79 Å². The summed E-state index contributed by atoms with van der Waals surface area (Å²) in [5, 5.41) is 0. The standard InChI is InChI=1S/C24H24O11/c1-12(25)35-24-9-29-22(13-4-17-18(31-10-30-17)5-15(13)26-2)14(24)8-28-23(24)34-21-7-20-19(32-11-33-20)6-16(21)27-3/h4-7,14,22-23H,8-11H2,1-3H3/t14-,22?,23+,24-/m1/s1. The molecule has 2 saturated heterocycles. The third kappa shape index (κ3) is 3.45. The highest BCUT2D eigenvalue weighted by molar-refractivity contribution is 5.67. The molecular weight excluding hydrogens is 464 g/mol. The SMILES string of the molecule is COc1cc2c(cc1O[C@@H]1OC[C@@H]3C(c4cc5c(cc4OC)OCO5)OC[C@]13OC(C)=O)OCO2. The summed E-state index contributed by atoms with van der Waals surface area (Å²) >= 11 is 0. The van der Waals surface area contributed by atoms with E-state index in [2.05, 4.69) is 0 Å². The first-order valence-electron chi connectivity index (χ1n) is 11.1. The summed E-state index contributed by atoms with van der Waals surface area (Å²) < 4.78 is 57.4. The van der Waals surface area contributed by atoms with Gasteiger partial charge < -0.3 is 47.4 Å². The minimum absolute atomic E-state index is 0.0526. The molecule has 11 heteroatoms. The Bertz CT molecular complexity index is 1160. The summed E-state index contributed by atoms with van der Waals surface area (Å²) in [6.45, 7) is 1.85. The highest BCUT2D eigenvalue weighted by Crippen LogP contribution is 2.54. The van der Waals surface area contributed by atoms with Gasteiger partial charge in [-0.3, -0.25) is 4.79 Å². The number of carbonyl (C=O) groups is 1. The Morgan fingerprint density at radius 1 is 0.857 bits per heavy atom. The Labute approximate surface area is 200 Å². The van der Waals surface area contributed by atoms with Crippen molar-refractivity contribution >= 4 is 5.97 Å². The van der Waals surface area contributed by atoms with Gasteiger partial charge in [0, 0.05) is 30.7 Å². The molecular formula is C24H24O11. The number of fused-ring (bicyclic) bond motifs is 3. The molecule has 2 aromatic rings. The fraction of sp³-hybridized carbons (Fsp3) is 0.458. The van der Waals surface area contributed by atoms with Gasteiger partial charge in [-0.05, 0) is 6.07 Å². The van der Waals surface area contributed by atoms with Crippen molar-refractivity contribution in [1.29, 1.82) is 0 Å². The van der Waals surface area contributed by atoms with E-state index >= 15 is 0 Å². The number of esters is 1. The Morgan fingerprint density at radius 3 is 2.09 bits per heavy atom. The number of methoxy groups -OCH3 is 2. The van der Waals surface area contributed by atoms with E-state index < -0.39 is 24.0 Å². The van der Waals surface area contributed by atoms with Gasteiger partial charge in [0.1, 0.15) is 5.75 Å². The quantitative estimate of drug-likeness (QED) is 0.560. The zero-order valence-corrected chi connectivity index (χ0v) is 19.4. The minimum atomic E-state index is -1.21. The number of rotatable bonds is 6. The summed E-state index contributed by atoms with van der Waals surface area (Å²) in [5.74, 6) is 2.74. The molecule has 0 amide bonds. The van der Waals surface area contributed by atoms with E-state index in [4.69, 9.17) is 47.4 Å². The first kappa shape index (κ1) is 21.9. The molecule has 4 aliphatic rings. The largest absolute Gasteiger partial charge is 0.496 e. The lowest BCUT2D eigenvalue weighted by atomic mass is 9.85. The van der Waals surface area contributed by atoms with Crippen LogP contribution in [0.3, 0.4) is 0 Å². The minimum Gasteiger partial charge on any atom is -0.496 e. The van der Waals surface area contributed by atoms with Crippen LogP contribution in [0.15, 0.2) is 24.3 Å². The Morgan fingerprint density at radius 2 is 1.46 bits per heavy atom. The van der Waals surface area contributed by atoms with E-state index in [1.165, 1.54) is 14.0 Å². The van der Waals surface area contributed by atoms with Crippen LogP contribution in [0.2, 0.25) is 0 Å². The monoisotopic (exact) mass is 488 g/mol. The molecule has 35 heavy (non-hydrogen) atoms. The van der Waals surface area contributed by atoms with E-state index in [1.54, 1.807) is 25.3 Å². The van der Waals surface area contributed by atoms with Gasteiger partial charge in [0.05, 0.1) is 39.5 Å². The lowest BCUT2D eigenvalue weighted by molar-refractivity contribution is -0.191. The summed E-state index contributed by atoms with van der Waals surface area (Å²) in [6.07, 6.45) is -1.47. The second-order valence-electron chi connectivity index (χ2n) is 8.47. The maximum absolute atomic E-state index is 12.2. The van der Waals surface area contributed by atoms with Crippen LogP contribution in [0, 0.1) is 5.92 Å². The maximum atomic E-state index is 12.2. The molecule has 6 rings (SSSR count). The molecule has 2 aromatic carbocycles. The molecule has 0 spiro atoms. The predicted octanol–water partition coefficient (Wildman–Crippen LogP) is 2.59. The van der Waals surface area contributed by atoms with E-state index in [1.807, 2.05) is 6.07 Å². The molecule has 0 aromatic heterocycles. The number of ether oxygens (including phenoxy) is 10. The molecule has 11 nitrogen and oxygen atoms in total. The van der Waals surface area contributed by atoms with Crippen LogP contribution >= 0.6 is 0 Å². The number of hydrogen-bond donors (Lipinski definition) is 0. The third-order valence-corrected chi connectivity index (χ3v) is 6.57. The molecule has 0 aliphatic carbocycles. The second-order valence-corrected chi connectivity index (χ2v) is 8.47. The Hall–Kier alpha value is -3.57. The molecule has 4 aliphatic heterocycles. The van der Waals surface area contributed by atoms with Crippen LogP contribution in [0.1, 0.15) is 18.6 Å². The molecule has 2 fully saturated rings. The average Bonchev–Trinajstić information content (AvgIpc) is 3.62. The van der Waals surface area contributed by atoms with Gasteiger partial charge in [0.15, 0.2) is 34.5 Å². The average molecular weight is 488 g/mol. The normalized spacial score (nSPS) is 27.5. The number of benzene rings is 2. The lowest BCUT2D eigenvalue weighted by Gasteiger charge is -2.32.